The predicted octanol–water partition coefficient (Wildman–Crippen LogP) is 2.75. The molecule has 0 radical (unpaired) electrons. The summed E-state index contributed by atoms with van der Waals surface area (Å²) in [5.41, 5.74) is 0.637. The summed E-state index contributed by atoms with van der Waals surface area (Å²) in [5.74, 6) is -0.00230. The first-order valence-corrected chi connectivity index (χ1v) is 8.61. The van der Waals surface area contributed by atoms with Gasteiger partial charge in [-0.15, -0.1) is 0 Å². The van der Waals surface area contributed by atoms with Crippen LogP contribution < -0.4 is 5.32 Å². The zero-order chi connectivity index (χ0) is 16.2. The van der Waals surface area contributed by atoms with Gasteiger partial charge in [0.15, 0.2) is 0 Å². The van der Waals surface area contributed by atoms with Crippen molar-refractivity contribution >= 4 is 23.5 Å². The fourth-order valence-electron chi connectivity index (χ4n) is 3.22. The molecular formula is C17H22ClN3O2. The van der Waals surface area contributed by atoms with Crippen LogP contribution in [0.15, 0.2) is 24.3 Å². The molecule has 1 saturated heterocycles. The molecule has 6 heteroatoms. The van der Waals surface area contributed by atoms with Crippen molar-refractivity contribution in [1.29, 1.82) is 0 Å². The van der Waals surface area contributed by atoms with Gasteiger partial charge in [-0.1, -0.05) is 24.4 Å². The van der Waals surface area contributed by atoms with Crippen LogP contribution in [0, 0.1) is 0 Å². The Hall–Kier alpha value is -1.75. The Balaban J connectivity index is 1.50. The Bertz CT molecular complexity index is 562. The molecule has 1 heterocycles. The summed E-state index contributed by atoms with van der Waals surface area (Å²) in [6.45, 7) is 2.30. The molecule has 0 unspecified atom stereocenters. The SMILES string of the molecule is O=C(NC1CCCC1)N1CCN(C(=O)c2ccc(Cl)cc2)CC1. The van der Waals surface area contributed by atoms with Gasteiger partial charge in [-0.2, -0.15) is 0 Å². The van der Waals surface area contributed by atoms with Crippen molar-refractivity contribution in [1.82, 2.24) is 15.1 Å². The molecule has 3 amide bonds. The fraction of sp³-hybridized carbons (Fsp3) is 0.529. The normalized spacial score (nSPS) is 19.0. The molecule has 5 nitrogen and oxygen atoms in total. The third kappa shape index (κ3) is 3.96. The van der Waals surface area contributed by atoms with Crippen LogP contribution >= 0.6 is 11.6 Å². The Morgan fingerprint density at radius 3 is 2.13 bits per heavy atom. The standard InChI is InChI=1S/C17H22ClN3O2/c18-14-7-5-13(6-8-14)16(22)20-9-11-21(12-10-20)17(23)19-15-3-1-2-4-15/h5-8,15H,1-4,9-12H2,(H,19,23). The van der Waals surface area contributed by atoms with Crippen LogP contribution in [-0.2, 0) is 0 Å². The van der Waals surface area contributed by atoms with E-state index in [1.165, 1.54) is 12.8 Å². The molecule has 124 valence electrons. The van der Waals surface area contributed by atoms with Crippen LogP contribution in [0.5, 0.6) is 0 Å². The Labute approximate surface area is 141 Å². The summed E-state index contributed by atoms with van der Waals surface area (Å²) < 4.78 is 0. The van der Waals surface area contributed by atoms with E-state index in [0.717, 1.165) is 12.8 Å². The van der Waals surface area contributed by atoms with E-state index in [1.807, 2.05) is 4.90 Å². The molecule has 0 bridgehead atoms. The molecule has 1 aliphatic heterocycles. The van der Waals surface area contributed by atoms with Gasteiger partial charge in [-0.25, -0.2) is 4.79 Å². The topological polar surface area (TPSA) is 52.7 Å². The van der Waals surface area contributed by atoms with E-state index in [2.05, 4.69) is 5.32 Å². The molecule has 0 spiro atoms. The second-order valence-electron chi connectivity index (χ2n) is 6.22. The van der Waals surface area contributed by atoms with Gasteiger partial charge in [0.1, 0.15) is 0 Å². The van der Waals surface area contributed by atoms with Crippen molar-refractivity contribution in [2.75, 3.05) is 26.2 Å². The first-order valence-electron chi connectivity index (χ1n) is 8.24. The molecule has 1 N–H and O–H groups in total. The Morgan fingerprint density at radius 2 is 1.52 bits per heavy atom. The van der Waals surface area contributed by atoms with Crippen LogP contribution in [0.2, 0.25) is 5.02 Å². The maximum atomic E-state index is 12.4. The highest BCUT2D eigenvalue weighted by atomic mass is 35.5. The number of hydrogen-bond donors (Lipinski definition) is 1. The number of hydrogen-bond acceptors (Lipinski definition) is 2. The van der Waals surface area contributed by atoms with E-state index in [1.54, 1.807) is 29.2 Å². The average molecular weight is 336 g/mol. The number of rotatable bonds is 2. The lowest BCUT2D eigenvalue weighted by atomic mass is 10.2. The van der Waals surface area contributed by atoms with Gasteiger partial charge >= 0.3 is 6.03 Å². The summed E-state index contributed by atoms with van der Waals surface area (Å²) >= 11 is 5.85. The van der Waals surface area contributed by atoms with Crippen molar-refractivity contribution in [2.45, 2.75) is 31.7 Å². The largest absolute Gasteiger partial charge is 0.335 e. The number of carbonyl (C=O) groups excluding carboxylic acids is 2. The third-order valence-corrected chi connectivity index (χ3v) is 4.88. The molecule has 0 aromatic heterocycles. The highest BCUT2D eigenvalue weighted by Crippen LogP contribution is 2.18. The number of carbonyl (C=O) groups is 2. The zero-order valence-electron chi connectivity index (χ0n) is 13.1. The summed E-state index contributed by atoms with van der Waals surface area (Å²) in [5, 5.41) is 3.72. The number of piperazine rings is 1. The minimum Gasteiger partial charge on any atom is -0.335 e. The van der Waals surface area contributed by atoms with Gasteiger partial charge in [0.05, 0.1) is 0 Å². The molecule has 2 fully saturated rings. The lowest BCUT2D eigenvalue weighted by molar-refractivity contribution is 0.0663. The van der Waals surface area contributed by atoms with E-state index < -0.39 is 0 Å². The van der Waals surface area contributed by atoms with Crippen LogP contribution in [0.3, 0.4) is 0 Å². The minimum atomic E-state index is -0.00230. The minimum absolute atomic E-state index is 0.00230. The number of urea groups is 1. The molecule has 2 aliphatic rings. The highest BCUT2D eigenvalue weighted by molar-refractivity contribution is 6.30. The smallest absolute Gasteiger partial charge is 0.317 e. The highest BCUT2D eigenvalue weighted by Gasteiger charge is 2.26. The molecule has 1 aliphatic carbocycles. The average Bonchev–Trinajstić information content (AvgIpc) is 3.08. The predicted molar refractivity (Wildman–Crippen MR) is 89.7 cm³/mol. The summed E-state index contributed by atoms with van der Waals surface area (Å²) in [6.07, 6.45) is 4.57. The van der Waals surface area contributed by atoms with Crippen LogP contribution in [0.25, 0.3) is 0 Å². The first kappa shape index (κ1) is 16.1. The van der Waals surface area contributed by atoms with Gasteiger partial charge < -0.3 is 15.1 Å². The lowest BCUT2D eigenvalue weighted by Crippen LogP contribution is -2.54. The molecule has 3 rings (SSSR count). The van der Waals surface area contributed by atoms with Crippen LogP contribution in [0.4, 0.5) is 4.79 Å². The molecular weight excluding hydrogens is 314 g/mol. The van der Waals surface area contributed by atoms with E-state index >= 15 is 0 Å². The molecule has 1 aromatic carbocycles. The van der Waals surface area contributed by atoms with Crippen molar-refractivity contribution < 1.29 is 9.59 Å². The van der Waals surface area contributed by atoms with E-state index in [0.29, 0.717) is 42.8 Å². The van der Waals surface area contributed by atoms with Crippen molar-refractivity contribution in [3.63, 3.8) is 0 Å². The first-order chi connectivity index (χ1) is 11.1. The van der Waals surface area contributed by atoms with Gasteiger partial charge in [-0.3, -0.25) is 4.79 Å². The molecule has 1 saturated carbocycles. The summed E-state index contributed by atoms with van der Waals surface area (Å²) in [7, 11) is 0. The van der Waals surface area contributed by atoms with Crippen molar-refractivity contribution in [3.8, 4) is 0 Å². The maximum Gasteiger partial charge on any atom is 0.317 e. The Kier molecular flexibility index (Phi) is 5.06. The zero-order valence-corrected chi connectivity index (χ0v) is 13.9. The molecule has 23 heavy (non-hydrogen) atoms. The maximum absolute atomic E-state index is 12.4. The number of benzene rings is 1. The number of nitrogens with one attached hydrogen (secondary N) is 1. The Morgan fingerprint density at radius 1 is 0.957 bits per heavy atom. The van der Waals surface area contributed by atoms with Gasteiger partial charge in [0.2, 0.25) is 0 Å². The van der Waals surface area contributed by atoms with E-state index in [9.17, 15) is 9.59 Å². The van der Waals surface area contributed by atoms with Crippen LogP contribution in [-0.4, -0.2) is 54.0 Å². The van der Waals surface area contributed by atoms with Crippen molar-refractivity contribution in [2.24, 2.45) is 0 Å². The van der Waals surface area contributed by atoms with Crippen molar-refractivity contribution in [3.05, 3.63) is 34.9 Å². The summed E-state index contributed by atoms with van der Waals surface area (Å²) in [4.78, 5) is 28.3. The van der Waals surface area contributed by atoms with Gasteiger partial charge in [0, 0.05) is 42.8 Å². The second kappa shape index (κ2) is 7.21. The fourth-order valence-corrected chi connectivity index (χ4v) is 3.35. The summed E-state index contributed by atoms with van der Waals surface area (Å²) in [6, 6.07) is 7.26. The van der Waals surface area contributed by atoms with E-state index in [-0.39, 0.29) is 11.9 Å². The number of nitrogens with zero attached hydrogens (tertiary/aromatic N) is 2. The van der Waals surface area contributed by atoms with Gasteiger partial charge in [0.25, 0.3) is 5.91 Å². The van der Waals surface area contributed by atoms with Gasteiger partial charge in [-0.05, 0) is 37.1 Å². The monoisotopic (exact) mass is 335 g/mol. The number of amides is 3. The lowest BCUT2D eigenvalue weighted by Gasteiger charge is -2.35. The second-order valence-corrected chi connectivity index (χ2v) is 6.65. The quantitative estimate of drug-likeness (QED) is 0.903. The molecule has 1 aromatic rings. The van der Waals surface area contributed by atoms with E-state index in [4.69, 9.17) is 11.6 Å². The van der Waals surface area contributed by atoms with Crippen LogP contribution in [0.1, 0.15) is 36.0 Å². The molecule has 0 atom stereocenters. The third-order valence-electron chi connectivity index (χ3n) is 4.63. The number of halogens is 1.